The van der Waals surface area contributed by atoms with Crippen molar-refractivity contribution < 1.29 is 0 Å². The summed E-state index contributed by atoms with van der Waals surface area (Å²) in [5, 5.41) is 4.52. The smallest absolute Gasteiger partial charge is 0.127 e. The zero-order valence-corrected chi connectivity index (χ0v) is 10.6. The first-order valence-corrected chi connectivity index (χ1v) is 5.86. The molecule has 2 aromatic rings. The molecule has 3 N–H and O–H groups in total. The summed E-state index contributed by atoms with van der Waals surface area (Å²) in [7, 11) is 0. The highest BCUT2D eigenvalue weighted by molar-refractivity contribution is 5.84. The minimum atomic E-state index is 0.00132. The highest BCUT2D eigenvalue weighted by atomic mass is 15.0. The van der Waals surface area contributed by atoms with Gasteiger partial charge in [0.05, 0.1) is 5.52 Å². The molecule has 0 aliphatic rings. The highest BCUT2D eigenvalue weighted by Crippen LogP contribution is 2.22. The maximum Gasteiger partial charge on any atom is 0.127 e. The Morgan fingerprint density at radius 2 is 1.94 bits per heavy atom. The number of nitrogens with two attached hydrogens (primary N) is 1. The molecule has 0 unspecified atom stereocenters. The zero-order valence-electron chi connectivity index (χ0n) is 10.6. The van der Waals surface area contributed by atoms with Gasteiger partial charge in [-0.2, -0.15) is 0 Å². The number of fused-ring (bicyclic) bond motifs is 1. The second-order valence-electron chi connectivity index (χ2n) is 5.26. The number of nitrogens with zero attached hydrogens (tertiary/aromatic N) is 1. The van der Waals surface area contributed by atoms with Crippen molar-refractivity contribution in [1.82, 2.24) is 4.98 Å². The van der Waals surface area contributed by atoms with Gasteiger partial charge in [-0.3, -0.25) is 0 Å². The number of rotatable bonds is 2. The SMILES string of the molecule is CC(C)(C)Nc1cc(CN)c2ccccc2n1. The van der Waals surface area contributed by atoms with E-state index in [1.165, 1.54) is 0 Å². The molecule has 0 aliphatic heterocycles. The van der Waals surface area contributed by atoms with Crippen molar-refractivity contribution in [1.29, 1.82) is 0 Å². The molecular formula is C14H19N3. The van der Waals surface area contributed by atoms with E-state index in [9.17, 15) is 0 Å². The van der Waals surface area contributed by atoms with E-state index in [4.69, 9.17) is 5.73 Å². The van der Waals surface area contributed by atoms with Gasteiger partial charge >= 0.3 is 0 Å². The number of pyridine rings is 1. The summed E-state index contributed by atoms with van der Waals surface area (Å²) in [5.74, 6) is 0.886. The van der Waals surface area contributed by atoms with Crippen molar-refractivity contribution in [2.45, 2.75) is 32.9 Å². The molecule has 17 heavy (non-hydrogen) atoms. The van der Waals surface area contributed by atoms with Gasteiger partial charge in [-0.15, -0.1) is 0 Å². The van der Waals surface area contributed by atoms with E-state index in [0.29, 0.717) is 6.54 Å². The number of para-hydroxylation sites is 1. The van der Waals surface area contributed by atoms with Crippen LogP contribution in [0.4, 0.5) is 5.82 Å². The zero-order chi connectivity index (χ0) is 12.5. The Balaban J connectivity index is 2.53. The Morgan fingerprint density at radius 3 is 2.59 bits per heavy atom. The minimum Gasteiger partial charge on any atom is -0.365 e. The molecule has 1 aromatic carbocycles. The Kier molecular flexibility index (Phi) is 3.03. The molecule has 0 spiro atoms. The Hall–Kier alpha value is -1.61. The molecule has 1 aromatic heterocycles. The molecule has 0 radical (unpaired) electrons. The highest BCUT2D eigenvalue weighted by Gasteiger charge is 2.11. The Bertz CT molecular complexity index is 526. The number of nitrogens with one attached hydrogen (secondary N) is 1. The van der Waals surface area contributed by atoms with Crippen LogP contribution in [0.25, 0.3) is 10.9 Å². The number of hydrogen-bond acceptors (Lipinski definition) is 3. The van der Waals surface area contributed by atoms with Gasteiger partial charge in [-0.05, 0) is 38.5 Å². The van der Waals surface area contributed by atoms with Crippen molar-refractivity contribution in [3.63, 3.8) is 0 Å². The topological polar surface area (TPSA) is 50.9 Å². The van der Waals surface area contributed by atoms with Crippen molar-refractivity contribution in [2.75, 3.05) is 5.32 Å². The summed E-state index contributed by atoms with van der Waals surface area (Å²) < 4.78 is 0. The van der Waals surface area contributed by atoms with Crippen molar-refractivity contribution >= 4 is 16.7 Å². The lowest BCUT2D eigenvalue weighted by molar-refractivity contribution is 0.631. The van der Waals surface area contributed by atoms with Gasteiger partial charge < -0.3 is 11.1 Å². The Morgan fingerprint density at radius 1 is 1.24 bits per heavy atom. The summed E-state index contributed by atoms with van der Waals surface area (Å²) in [6, 6.07) is 10.1. The van der Waals surface area contributed by atoms with Crippen molar-refractivity contribution in [2.24, 2.45) is 5.73 Å². The molecule has 0 saturated carbocycles. The summed E-state index contributed by atoms with van der Waals surface area (Å²) >= 11 is 0. The number of benzene rings is 1. The third kappa shape index (κ3) is 2.74. The van der Waals surface area contributed by atoms with Gasteiger partial charge in [0.1, 0.15) is 5.82 Å². The molecule has 0 amide bonds. The monoisotopic (exact) mass is 229 g/mol. The molecule has 3 nitrogen and oxygen atoms in total. The molecule has 2 rings (SSSR count). The first-order valence-electron chi connectivity index (χ1n) is 5.86. The van der Waals surface area contributed by atoms with E-state index in [1.807, 2.05) is 24.3 Å². The normalized spacial score (nSPS) is 11.8. The predicted octanol–water partition coefficient (Wildman–Crippen LogP) is 2.90. The fraction of sp³-hybridized carbons (Fsp3) is 0.357. The molecule has 3 heteroatoms. The van der Waals surface area contributed by atoms with Crippen LogP contribution in [0.1, 0.15) is 26.3 Å². The van der Waals surface area contributed by atoms with E-state index in [-0.39, 0.29) is 5.54 Å². The van der Waals surface area contributed by atoms with E-state index in [1.54, 1.807) is 0 Å². The lowest BCUT2D eigenvalue weighted by Crippen LogP contribution is -2.26. The molecular weight excluding hydrogens is 210 g/mol. The Labute approximate surface area is 102 Å². The quantitative estimate of drug-likeness (QED) is 0.832. The molecule has 0 fully saturated rings. The van der Waals surface area contributed by atoms with Crippen LogP contribution in [-0.4, -0.2) is 10.5 Å². The van der Waals surface area contributed by atoms with E-state index in [0.717, 1.165) is 22.3 Å². The fourth-order valence-corrected chi connectivity index (χ4v) is 1.86. The number of hydrogen-bond donors (Lipinski definition) is 2. The van der Waals surface area contributed by atoms with Crippen LogP contribution in [0.2, 0.25) is 0 Å². The second-order valence-corrected chi connectivity index (χ2v) is 5.26. The summed E-state index contributed by atoms with van der Waals surface area (Å²) in [6.07, 6.45) is 0. The van der Waals surface area contributed by atoms with Crippen LogP contribution in [0, 0.1) is 0 Å². The van der Waals surface area contributed by atoms with Crippen molar-refractivity contribution in [3.8, 4) is 0 Å². The average Bonchev–Trinajstić information content (AvgIpc) is 2.25. The van der Waals surface area contributed by atoms with E-state index in [2.05, 4.69) is 37.1 Å². The molecule has 0 aliphatic carbocycles. The van der Waals surface area contributed by atoms with Gasteiger partial charge in [-0.25, -0.2) is 4.98 Å². The lowest BCUT2D eigenvalue weighted by Gasteiger charge is -2.22. The van der Waals surface area contributed by atoms with Crippen LogP contribution in [0.3, 0.4) is 0 Å². The average molecular weight is 229 g/mol. The maximum atomic E-state index is 5.79. The first kappa shape index (κ1) is 11.9. The number of aromatic nitrogens is 1. The van der Waals surface area contributed by atoms with Gasteiger partial charge in [-0.1, -0.05) is 18.2 Å². The standard InChI is InChI=1S/C14H19N3/c1-14(2,3)17-13-8-10(9-15)11-6-4-5-7-12(11)16-13/h4-8H,9,15H2,1-3H3,(H,16,17). The predicted molar refractivity (Wildman–Crippen MR) is 73.0 cm³/mol. The largest absolute Gasteiger partial charge is 0.365 e. The molecule has 1 heterocycles. The van der Waals surface area contributed by atoms with Gasteiger partial charge in [0, 0.05) is 17.5 Å². The molecule has 0 bridgehead atoms. The molecule has 90 valence electrons. The van der Waals surface area contributed by atoms with Crippen LogP contribution < -0.4 is 11.1 Å². The number of anilines is 1. The van der Waals surface area contributed by atoms with Gasteiger partial charge in [0.2, 0.25) is 0 Å². The van der Waals surface area contributed by atoms with Crippen LogP contribution in [0.5, 0.6) is 0 Å². The summed E-state index contributed by atoms with van der Waals surface area (Å²) in [4.78, 5) is 4.60. The van der Waals surface area contributed by atoms with Crippen molar-refractivity contribution in [3.05, 3.63) is 35.9 Å². The maximum absolute atomic E-state index is 5.79. The first-order chi connectivity index (χ1) is 7.99. The molecule has 0 saturated heterocycles. The minimum absolute atomic E-state index is 0.00132. The molecule has 0 atom stereocenters. The lowest BCUT2D eigenvalue weighted by atomic mass is 10.1. The van der Waals surface area contributed by atoms with E-state index < -0.39 is 0 Å². The van der Waals surface area contributed by atoms with Gasteiger partial charge in [0.15, 0.2) is 0 Å². The van der Waals surface area contributed by atoms with Crippen LogP contribution >= 0.6 is 0 Å². The second kappa shape index (κ2) is 4.34. The fourth-order valence-electron chi connectivity index (χ4n) is 1.86. The third-order valence-electron chi connectivity index (χ3n) is 2.52. The third-order valence-corrected chi connectivity index (χ3v) is 2.52. The van der Waals surface area contributed by atoms with E-state index >= 15 is 0 Å². The van der Waals surface area contributed by atoms with Crippen LogP contribution in [0.15, 0.2) is 30.3 Å². The van der Waals surface area contributed by atoms with Crippen LogP contribution in [-0.2, 0) is 6.54 Å². The summed E-state index contributed by atoms with van der Waals surface area (Å²) in [5.41, 5.74) is 7.91. The van der Waals surface area contributed by atoms with Gasteiger partial charge in [0.25, 0.3) is 0 Å². The summed E-state index contributed by atoms with van der Waals surface area (Å²) in [6.45, 7) is 6.88.